The van der Waals surface area contributed by atoms with Gasteiger partial charge in [0.15, 0.2) is 5.96 Å². The van der Waals surface area contributed by atoms with Crippen molar-refractivity contribution >= 4 is 5.96 Å². The Hall–Kier alpha value is -1.66. The second kappa shape index (κ2) is 12.8. The van der Waals surface area contributed by atoms with Crippen molar-refractivity contribution in [3.05, 3.63) is 30.1 Å². The fourth-order valence-corrected chi connectivity index (χ4v) is 1.86. The molecule has 0 spiro atoms. The predicted molar refractivity (Wildman–Crippen MR) is 93.6 cm³/mol. The normalized spacial score (nSPS) is 12.9. The lowest BCUT2D eigenvalue weighted by atomic mass is 10.3. The van der Waals surface area contributed by atoms with Gasteiger partial charge in [-0.3, -0.25) is 4.98 Å². The van der Waals surface area contributed by atoms with E-state index in [4.69, 9.17) is 9.47 Å². The number of hydrogen-bond donors (Lipinski definition) is 2. The molecule has 0 bridgehead atoms. The summed E-state index contributed by atoms with van der Waals surface area (Å²) in [6, 6.07) is 5.86. The maximum atomic E-state index is 5.34. The van der Waals surface area contributed by atoms with Gasteiger partial charge in [0.1, 0.15) is 0 Å². The molecule has 1 aromatic heterocycles. The van der Waals surface area contributed by atoms with Crippen LogP contribution >= 0.6 is 0 Å². The molecule has 1 atom stereocenters. The third kappa shape index (κ3) is 9.86. The van der Waals surface area contributed by atoms with Gasteiger partial charge in [-0.2, -0.15) is 0 Å². The molecule has 0 amide bonds. The van der Waals surface area contributed by atoms with Gasteiger partial charge in [0.2, 0.25) is 0 Å². The fraction of sp³-hybridized carbons (Fsp3) is 0.647. The highest BCUT2D eigenvalue weighted by Gasteiger charge is 2.02. The Bertz CT molecular complexity index is 426. The van der Waals surface area contributed by atoms with E-state index in [2.05, 4.69) is 27.5 Å². The molecule has 2 N–H and O–H groups in total. The van der Waals surface area contributed by atoms with E-state index in [0.717, 1.165) is 50.8 Å². The van der Waals surface area contributed by atoms with Crippen molar-refractivity contribution in [3.8, 4) is 0 Å². The monoisotopic (exact) mass is 322 g/mol. The van der Waals surface area contributed by atoms with Gasteiger partial charge in [-0.05, 0) is 38.8 Å². The molecule has 0 saturated carbocycles. The van der Waals surface area contributed by atoms with Gasteiger partial charge < -0.3 is 20.1 Å². The third-order valence-corrected chi connectivity index (χ3v) is 3.33. The van der Waals surface area contributed by atoms with Gasteiger partial charge in [0.05, 0.1) is 18.3 Å². The largest absolute Gasteiger partial charge is 0.382 e. The molecule has 23 heavy (non-hydrogen) atoms. The summed E-state index contributed by atoms with van der Waals surface area (Å²) in [5, 5.41) is 6.67. The van der Waals surface area contributed by atoms with Crippen LogP contribution in [0, 0.1) is 0 Å². The minimum Gasteiger partial charge on any atom is -0.382 e. The summed E-state index contributed by atoms with van der Waals surface area (Å²) in [4.78, 5) is 8.88. The standard InChI is InChI=1S/C17H30N4O2/c1-4-23-13-7-11-19-17(20-12-9-15(2)22-3)21-14-16-8-5-6-10-18-16/h5-6,8,10,15H,4,7,9,11-14H2,1-3H3,(H2,19,20,21). The summed E-state index contributed by atoms with van der Waals surface area (Å²) in [5.41, 5.74) is 0.952. The summed E-state index contributed by atoms with van der Waals surface area (Å²) in [5.74, 6) is 0.801. The molecule has 6 nitrogen and oxygen atoms in total. The molecular formula is C17H30N4O2. The smallest absolute Gasteiger partial charge is 0.191 e. The van der Waals surface area contributed by atoms with Gasteiger partial charge in [-0.25, -0.2) is 4.99 Å². The number of rotatable bonds is 11. The van der Waals surface area contributed by atoms with Crippen LogP contribution in [-0.2, 0) is 16.0 Å². The number of nitrogens with one attached hydrogen (secondary N) is 2. The fourth-order valence-electron chi connectivity index (χ4n) is 1.86. The summed E-state index contributed by atoms with van der Waals surface area (Å²) in [7, 11) is 1.73. The van der Waals surface area contributed by atoms with Crippen LogP contribution in [0.15, 0.2) is 29.4 Å². The Labute approximate surface area is 139 Å². The first-order chi connectivity index (χ1) is 11.3. The predicted octanol–water partition coefficient (Wildman–Crippen LogP) is 1.97. The SMILES string of the molecule is CCOCCCNC(=NCc1ccccn1)NCCC(C)OC. The Kier molecular flexibility index (Phi) is 10.8. The van der Waals surface area contributed by atoms with E-state index in [1.165, 1.54) is 0 Å². The molecule has 0 saturated heterocycles. The molecule has 0 aliphatic heterocycles. The van der Waals surface area contributed by atoms with Crippen LogP contribution in [0.3, 0.4) is 0 Å². The number of aromatic nitrogens is 1. The van der Waals surface area contributed by atoms with E-state index in [9.17, 15) is 0 Å². The summed E-state index contributed by atoms with van der Waals surface area (Å²) in [6.45, 7) is 7.78. The third-order valence-electron chi connectivity index (χ3n) is 3.33. The average molecular weight is 322 g/mol. The molecule has 1 rings (SSSR count). The first-order valence-electron chi connectivity index (χ1n) is 8.28. The molecule has 0 radical (unpaired) electrons. The number of hydrogen-bond acceptors (Lipinski definition) is 4. The number of guanidine groups is 1. The Morgan fingerprint density at radius 1 is 1.30 bits per heavy atom. The zero-order valence-electron chi connectivity index (χ0n) is 14.5. The number of methoxy groups -OCH3 is 1. The van der Waals surface area contributed by atoms with Crippen LogP contribution in [0.1, 0.15) is 32.4 Å². The molecule has 1 heterocycles. The van der Waals surface area contributed by atoms with Crippen LogP contribution in [-0.4, -0.2) is 50.5 Å². The first kappa shape index (κ1) is 19.4. The summed E-state index contributed by atoms with van der Waals surface area (Å²) >= 11 is 0. The Morgan fingerprint density at radius 3 is 2.83 bits per heavy atom. The quantitative estimate of drug-likeness (QED) is 0.370. The van der Waals surface area contributed by atoms with Crippen molar-refractivity contribution in [2.75, 3.05) is 33.4 Å². The first-order valence-corrected chi connectivity index (χ1v) is 8.28. The lowest BCUT2D eigenvalue weighted by molar-refractivity contribution is 0.112. The molecular weight excluding hydrogens is 292 g/mol. The van der Waals surface area contributed by atoms with Crippen molar-refractivity contribution in [2.45, 2.75) is 39.3 Å². The van der Waals surface area contributed by atoms with Crippen molar-refractivity contribution in [1.82, 2.24) is 15.6 Å². The van der Waals surface area contributed by atoms with E-state index < -0.39 is 0 Å². The number of pyridine rings is 1. The van der Waals surface area contributed by atoms with Crippen LogP contribution in [0.2, 0.25) is 0 Å². The van der Waals surface area contributed by atoms with Gasteiger partial charge in [0.25, 0.3) is 0 Å². The number of aliphatic imine (C=N–C) groups is 1. The molecule has 0 fully saturated rings. The zero-order valence-corrected chi connectivity index (χ0v) is 14.5. The van der Waals surface area contributed by atoms with Crippen molar-refractivity contribution < 1.29 is 9.47 Å². The lowest BCUT2D eigenvalue weighted by Crippen LogP contribution is -2.39. The maximum absolute atomic E-state index is 5.34. The van der Waals surface area contributed by atoms with Gasteiger partial charge in [-0.1, -0.05) is 6.07 Å². The van der Waals surface area contributed by atoms with E-state index in [1.807, 2.05) is 25.1 Å². The molecule has 6 heteroatoms. The topological polar surface area (TPSA) is 67.8 Å². The van der Waals surface area contributed by atoms with Crippen molar-refractivity contribution in [3.63, 3.8) is 0 Å². The van der Waals surface area contributed by atoms with Crippen LogP contribution in [0.5, 0.6) is 0 Å². The summed E-state index contributed by atoms with van der Waals surface area (Å²) in [6.07, 6.45) is 3.90. The number of nitrogens with zero attached hydrogens (tertiary/aromatic N) is 2. The molecule has 0 aromatic carbocycles. The van der Waals surface area contributed by atoms with Gasteiger partial charge in [0, 0.05) is 39.6 Å². The second-order valence-corrected chi connectivity index (χ2v) is 5.22. The van der Waals surface area contributed by atoms with E-state index in [0.29, 0.717) is 6.54 Å². The summed E-state index contributed by atoms with van der Waals surface area (Å²) < 4.78 is 10.6. The average Bonchev–Trinajstić information content (AvgIpc) is 2.59. The molecule has 1 aromatic rings. The highest BCUT2D eigenvalue weighted by Crippen LogP contribution is 1.96. The van der Waals surface area contributed by atoms with Crippen LogP contribution in [0.25, 0.3) is 0 Å². The van der Waals surface area contributed by atoms with Gasteiger partial charge >= 0.3 is 0 Å². The molecule has 0 aliphatic carbocycles. The highest BCUT2D eigenvalue weighted by molar-refractivity contribution is 5.79. The van der Waals surface area contributed by atoms with E-state index in [-0.39, 0.29) is 6.10 Å². The molecule has 0 aliphatic rings. The second-order valence-electron chi connectivity index (χ2n) is 5.22. The molecule has 1 unspecified atom stereocenters. The Balaban J connectivity index is 2.42. The van der Waals surface area contributed by atoms with E-state index >= 15 is 0 Å². The van der Waals surface area contributed by atoms with Crippen LogP contribution < -0.4 is 10.6 Å². The van der Waals surface area contributed by atoms with Crippen molar-refractivity contribution in [1.29, 1.82) is 0 Å². The zero-order chi connectivity index (χ0) is 16.8. The molecule has 130 valence electrons. The van der Waals surface area contributed by atoms with E-state index in [1.54, 1.807) is 13.3 Å². The minimum atomic E-state index is 0.234. The Morgan fingerprint density at radius 2 is 2.13 bits per heavy atom. The van der Waals surface area contributed by atoms with Gasteiger partial charge in [-0.15, -0.1) is 0 Å². The lowest BCUT2D eigenvalue weighted by Gasteiger charge is -2.14. The number of ether oxygens (including phenoxy) is 2. The maximum Gasteiger partial charge on any atom is 0.191 e. The van der Waals surface area contributed by atoms with Crippen LogP contribution in [0.4, 0.5) is 0 Å². The minimum absolute atomic E-state index is 0.234. The van der Waals surface area contributed by atoms with Crippen molar-refractivity contribution in [2.24, 2.45) is 4.99 Å². The highest BCUT2D eigenvalue weighted by atomic mass is 16.5.